The number of nitrogens with one attached hydrogen (secondary N) is 1. The first kappa shape index (κ1) is 16.5. The Morgan fingerprint density at radius 1 is 1.07 bits per heavy atom. The Labute approximate surface area is 161 Å². The summed E-state index contributed by atoms with van der Waals surface area (Å²) >= 11 is 0. The lowest BCUT2D eigenvalue weighted by atomic mass is 10.0. The van der Waals surface area contributed by atoms with Crippen molar-refractivity contribution in [2.45, 2.75) is 12.5 Å². The van der Waals surface area contributed by atoms with Crippen molar-refractivity contribution in [1.29, 1.82) is 0 Å². The second-order valence-corrected chi connectivity index (χ2v) is 6.82. The average Bonchev–Trinajstić information content (AvgIpc) is 3.18. The Balaban J connectivity index is 1.35. The van der Waals surface area contributed by atoms with Gasteiger partial charge in [0.05, 0.1) is 17.9 Å². The van der Waals surface area contributed by atoms with Crippen LogP contribution in [0.25, 0.3) is 16.9 Å². The lowest BCUT2D eigenvalue weighted by Gasteiger charge is -2.25. The van der Waals surface area contributed by atoms with Crippen LogP contribution in [0.5, 0.6) is 5.75 Å². The van der Waals surface area contributed by atoms with Gasteiger partial charge in [0, 0.05) is 18.0 Å². The molecule has 4 aromatic rings. The molecule has 0 spiro atoms. The fraction of sp³-hybridized carbons (Fsp3) is 0.136. The molecular formula is C22H18N4O2. The van der Waals surface area contributed by atoms with Gasteiger partial charge in [0.1, 0.15) is 18.1 Å². The summed E-state index contributed by atoms with van der Waals surface area (Å²) in [6.07, 6.45) is 6.04. The highest BCUT2D eigenvalue weighted by Gasteiger charge is 2.22. The molecule has 0 unspecified atom stereocenters. The van der Waals surface area contributed by atoms with Crippen LogP contribution in [0.4, 0.5) is 0 Å². The Hall–Kier alpha value is -3.67. The van der Waals surface area contributed by atoms with Gasteiger partial charge in [-0.3, -0.25) is 9.78 Å². The maximum atomic E-state index is 12.7. The van der Waals surface area contributed by atoms with Crippen LogP contribution in [0.1, 0.15) is 16.1 Å². The molecule has 0 bridgehead atoms. The molecule has 1 aliphatic heterocycles. The summed E-state index contributed by atoms with van der Waals surface area (Å²) in [6, 6.07) is 17.7. The molecule has 2 aromatic heterocycles. The third kappa shape index (κ3) is 3.09. The standard InChI is InChI=1S/C22H18N4O2/c27-22(24-17-10-16-8-4-5-9-20(16)28-14-17)19-13-26-12-18(23-11-21(26)25-19)15-6-2-1-3-7-15/h1-9,11-13,17H,10,14H2,(H,24,27)/t17-/m1/s1. The zero-order chi connectivity index (χ0) is 18.9. The van der Waals surface area contributed by atoms with Gasteiger partial charge in [-0.2, -0.15) is 0 Å². The van der Waals surface area contributed by atoms with E-state index in [1.807, 2.05) is 65.2 Å². The zero-order valence-electron chi connectivity index (χ0n) is 15.1. The number of aromatic nitrogens is 3. The van der Waals surface area contributed by atoms with Crippen molar-refractivity contribution in [3.05, 3.63) is 84.4 Å². The molecule has 1 amide bonds. The highest BCUT2D eigenvalue weighted by atomic mass is 16.5. The molecular weight excluding hydrogens is 352 g/mol. The minimum Gasteiger partial charge on any atom is -0.491 e. The third-order valence-electron chi connectivity index (χ3n) is 4.86. The molecule has 6 nitrogen and oxygen atoms in total. The van der Waals surface area contributed by atoms with Crippen molar-refractivity contribution >= 4 is 11.6 Å². The lowest BCUT2D eigenvalue weighted by Crippen LogP contribution is -2.42. The summed E-state index contributed by atoms with van der Waals surface area (Å²) in [4.78, 5) is 21.5. The van der Waals surface area contributed by atoms with Crippen molar-refractivity contribution in [3.63, 3.8) is 0 Å². The number of hydrogen-bond donors (Lipinski definition) is 1. The van der Waals surface area contributed by atoms with Gasteiger partial charge in [-0.05, 0) is 18.1 Å². The minimum atomic E-state index is -0.210. The summed E-state index contributed by atoms with van der Waals surface area (Å²) < 4.78 is 7.58. The number of ether oxygens (including phenoxy) is 1. The van der Waals surface area contributed by atoms with Crippen molar-refractivity contribution in [1.82, 2.24) is 19.7 Å². The number of carbonyl (C=O) groups excluding carboxylic acids is 1. The summed E-state index contributed by atoms with van der Waals surface area (Å²) in [5.74, 6) is 0.679. The molecule has 0 saturated carbocycles. The maximum Gasteiger partial charge on any atom is 0.271 e. The molecule has 1 atom stereocenters. The van der Waals surface area contributed by atoms with Crippen LogP contribution in [0.2, 0.25) is 0 Å². The first-order valence-electron chi connectivity index (χ1n) is 9.18. The van der Waals surface area contributed by atoms with Crippen molar-refractivity contribution in [2.24, 2.45) is 0 Å². The third-order valence-corrected chi connectivity index (χ3v) is 4.86. The largest absolute Gasteiger partial charge is 0.491 e. The molecule has 5 rings (SSSR count). The van der Waals surface area contributed by atoms with E-state index in [2.05, 4.69) is 15.3 Å². The monoisotopic (exact) mass is 370 g/mol. The molecule has 0 saturated heterocycles. The quantitative estimate of drug-likeness (QED) is 0.602. The number of fused-ring (bicyclic) bond motifs is 2. The van der Waals surface area contributed by atoms with Gasteiger partial charge in [-0.25, -0.2) is 4.98 Å². The van der Waals surface area contributed by atoms with E-state index in [-0.39, 0.29) is 11.9 Å². The van der Waals surface area contributed by atoms with Crippen LogP contribution in [-0.4, -0.2) is 32.9 Å². The fourth-order valence-electron chi connectivity index (χ4n) is 3.45. The van der Waals surface area contributed by atoms with E-state index < -0.39 is 0 Å². The van der Waals surface area contributed by atoms with E-state index in [1.165, 1.54) is 0 Å². The normalized spacial score (nSPS) is 15.6. The summed E-state index contributed by atoms with van der Waals surface area (Å²) in [5, 5.41) is 3.02. The topological polar surface area (TPSA) is 68.5 Å². The van der Waals surface area contributed by atoms with Crippen LogP contribution in [0.15, 0.2) is 73.2 Å². The summed E-state index contributed by atoms with van der Waals surface area (Å²) in [5.41, 5.74) is 3.95. The van der Waals surface area contributed by atoms with Crippen LogP contribution in [-0.2, 0) is 6.42 Å². The molecule has 3 heterocycles. The number of rotatable bonds is 3. The highest BCUT2D eigenvalue weighted by Crippen LogP contribution is 2.24. The highest BCUT2D eigenvalue weighted by molar-refractivity contribution is 5.93. The second kappa shape index (κ2) is 6.81. The predicted molar refractivity (Wildman–Crippen MR) is 105 cm³/mol. The van der Waals surface area contributed by atoms with E-state index >= 15 is 0 Å². The van der Waals surface area contributed by atoms with E-state index in [1.54, 1.807) is 12.4 Å². The first-order chi connectivity index (χ1) is 13.8. The zero-order valence-corrected chi connectivity index (χ0v) is 15.1. The minimum absolute atomic E-state index is 0.0785. The van der Waals surface area contributed by atoms with Crippen LogP contribution in [0, 0.1) is 0 Å². The lowest BCUT2D eigenvalue weighted by molar-refractivity contribution is 0.0911. The summed E-state index contributed by atoms with van der Waals surface area (Å²) in [6.45, 7) is 0.454. The van der Waals surface area contributed by atoms with E-state index in [0.29, 0.717) is 17.9 Å². The molecule has 28 heavy (non-hydrogen) atoms. The number of imidazole rings is 1. The molecule has 0 radical (unpaired) electrons. The van der Waals surface area contributed by atoms with Crippen LogP contribution >= 0.6 is 0 Å². The summed E-state index contributed by atoms with van der Waals surface area (Å²) in [7, 11) is 0. The van der Waals surface area contributed by atoms with Crippen LogP contribution in [0.3, 0.4) is 0 Å². The number of carbonyl (C=O) groups is 1. The maximum absolute atomic E-state index is 12.7. The van der Waals surface area contributed by atoms with Crippen molar-refractivity contribution in [3.8, 4) is 17.0 Å². The van der Waals surface area contributed by atoms with Gasteiger partial charge in [0.15, 0.2) is 5.65 Å². The predicted octanol–water partition coefficient (Wildman–Crippen LogP) is 3.13. The number of hydrogen-bond acceptors (Lipinski definition) is 4. The van der Waals surface area contributed by atoms with Crippen molar-refractivity contribution < 1.29 is 9.53 Å². The first-order valence-corrected chi connectivity index (χ1v) is 9.18. The number of amides is 1. The van der Waals surface area contributed by atoms with Gasteiger partial charge in [0.2, 0.25) is 0 Å². The Kier molecular flexibility index (Phi) is 4.01. The second-order valence-electron chi connectivity index (χ2n) is 6.82. The van der Waals surface area contributed by atoms with Crippen molar-refractivity contribution in [2.75, 3.05) is 6.61 Å². The van der Waals surface area contributed by atoms with Gasteiger partial charge < -0.3 is 14.5 Å². The van der Waals surface area contributed by atoms with Gasteiger partial charge in [-0.1, -0.05) is 48.5 Å². The number of nitrogens with zero attached hydrogens (tertiary/aromatic N) is 3. The molecule has 0 fully saturated rings. The van der Waals surface area contributed by atoms with E-state index in [9.17, 15) is 4.79 Å². The molecule has 1 aliphatic rings. The SMILES string of the molecule is O=C(N[C@H]1COc2ccccc2C1)c1cn2cc(-c3ccccc3)ncc2n1. The Morgan fingerprint density at radius 2 is 1.89 bits per heavy atom. The van der Waals surface area contributed by atoms with Gasteiger partial charge in [-0.15, -0.1) is 0 Å². The smallest absolute Gasteiger partial charge is 0.271 e. The molecule has 6 heteroatoms. The Morgan fingerprint density at radius 3 is 2.79 bits per heavy atom. The molecule has 0 aliphatic carbocycles. The molecule has 138 valence electrons. The Bertz CT molecular complexity index is 1150. The van der Waals surface area contributed by atoms with Gasteiger partial charge in [0.25, 0.3) is 5.91 Å². The van der Waals surface area contributed by atoms with E-state index in [0.717, 1.165) is 29.0 Å². The van der Waals surface area contributed by atoms with Gasteiger partial charge >= 0.3 is 0 Å². The molecule has 2 aromatic carbocycles. The number of benzene rings is 2. The molecule has 1 N–H and O–H groups in total. The number of para-hydroxylation sites is 1. The van der Waals surface area contributed by atoms with E-state index in [4.69, 9.17) is 4.74 Å². The average molecular weight is 370 g/mol. The van der Waals surface area contributed by atoms with Crippen LogP contribution < -0.4 is 10.1 Å². The fourth-order valence-corrected chi connectivity index (χ4v) is 3.45.